The van der Waals surface area contributed by atoms with Crippen molar-refractivity contribution in [1.82, 2.24) is 4.57 Å². The second-order valence-corrected chi connectivity index (χ2v) is 14.1. The van der Waals surface area contributed by atoms with Gasteiger partial charge in [-0.05, 0) is 68.2 Å². The average Bonchev–Trinajstić information content (AvgIpc) is 3.18. The van der Waals surface area contributed by atoms with Gasteiger partial charge in [0.1, 0.15) is 12.6 Å². The Hall–Kier alpha value is -3.37. The van der Waals surface area contributed by atoms with Crippen LogP contribution in [0.2, 0.25) is 0 Å². The zero-order chi connectivity index (χ0) is 31.7. The minimum absolute atomic E-state index is 0. The highest BCUT2D eigenvalue weighted by Gasteiger charge is 2.35. The number of hydrogen-bond acceptors (Lipinski definition) is 7. The van der Waals surface area contributed by atoms with Crippen molar-refractivity contribution in [2.45, 2.75) is 90.9 Å². The maximum Gasteiger partial charge on any atom is 0.310 e. The predicted molar refractivity (Wildman–Crippen MR) is 164 cm³/mol. The fourth-order valence-corrected chi connectivity index (χ4v) is 6.48. The predicted octanol–water partition coefficient (Wildman–Crippen LogP) is 1.34. The molecule has 0 spiro atoms. The number of esters is 2. The third-order valence-electron chi connectivity index (χ3n) is 8.22. The maximum atomic E-state index is 12.9. The number of amides is 1. The Morgan fingerprint density at radius 1 is 1.11 bits per heavy atom. The Bertz CT molecular complexity index is 1400. The Labute approximate surface area is 266 Å². The molecule has 1 atom stereocenters. The third kappa shape index (κ3) is 8.85. The van der Waals surface area contributed by atoms with Gasteiger partial charge in [0.25, 0.3) is 5.91 Å². The van der Waals surface area contributed by atoms with Crippen molar-refractivity contribution in [3.63, 3.8) is 0 Å². The van der Waals surface area contributed by atoms with E-state index >= 15 is 0 Å². The number of benzene rings is 1. The van der Waals surface area contributed by atoms with E-state index in [9.17, 15) is 19.2 Å². The molecule has 2 aliphatic carbocycles. The van der Waals surface area contributed by atoms with E-state index in [1.54, 1.807) is 6.07 Å². The highest BCUT2D eigenvalue weighted by molar-refractivity contribution is 6.01. The van der Waals surface area contributed by atoms with E-state index < -0.39 is 18.0 Å². The molecule has 1 saturated carbocycles. The van der Waals surface area contributed by atoms with Gasteiger partial charge in [-0.1, -0.05) is 13.8 Å². The molecule has 1 amide bonds. The summed E-state index contributed by atoms with van der Waals surface area (Å²) in [6.07, 6.45) is 5.40. The van der Waals surface area contributed by atoms with E-state index in [1.807, 2.05) is 46.4 Å². The normalized spacial score (nSPS) is 20.1. The lowest BCUT2D eigenvalue weighted by Crippen LogP contribution is -3.00. The first kappa shape index (κ1) is 35.1. The van der Waals surface area contributed by atoms with Gasteiger partial charge in [-0.3, -0.25) is 19.2 Å². The maximum absolute atomic E-state index is 12.9. The number of nitrogens with one attached hydrogen (secondary N) is 1. The van der Waals surface area contributed by atoms with Crippen LogP contribution in [0.15, 0.2) is 24.4 Å². The quantitative estimate of drug-likeness (QED) is 0.299. The molecule has 1 fully saturated rings. The number of nitrogens with two attached hydrogens (primary N) is 1. The second-order valence-electron chi connectivity index (χ2n) is 14.1. The summed E-state index contributed by atoms with van der Waals surface area (Å²) in [5.41, 5.74) is 10.3. The molecule has 11 heteroatoms. The van der Waals surface area contributed by atoms with Gasteiger partial charge in [-0.25, -0.2) is 0 Å². The number of anilines is 1. The molecule has 0 aliphatic heterocycles. The lowest BCUT2D eigenvalue weighted by Gasteiger charge is -2.31. The molecule has 242 valence electrons. The van der Waals surface area contributed by atoms with E-state index in [1.165, 1.54) is 6.92 Å². The zero-order valence-electron chi connectivity index (χ0n) is 27.0. The van der Waals surface area contributed by atoms with Crippen LogP contribution in [0.4, 0.5) is 5.69 Å². The number of ketones is 1. The lowest BCUT2D eigenvalue weighted by atomic mass is 9.75. The molecule has 4 rings (SSSR count). The lowest BCUT2D eigenvalue weighted by molar-refractivity contribution is -0.873. The Morgan fingerprint density at radius 3 is 2.36 bits per heavy atom. The number of carbonyl (C=O) groups is 4. The summed E-state index contributed by atoms with van der Waals surface area (Å²) in [5.74, 6) is -1.13. The van der Waals surface area contributed by atoms with E-state index in [0.717, 1.165) is 41.8 Å². The Kier molecular flexibility index (Phi) is 11.0. The van der Waals surface area contributed by atoms with Gasteiger partial charge in [0.2, 0.25) is 0 Å². The molecule has 0 bridgehead atoms. The number of aromatic nitrogens is 1. The summed E-state index contributed by atoms with van der Waals surface area (Å²) >= 11 is 0. The first-order valence-electron chi connectivity index (χ1n) is 15.1. The second kappa shape index (κ2) is 13.7. The monoisotopic (exact) mass is 630 g/mol. The number of ether oxygens (including phenoxy) is 2. The number of halogens is 1. The standard InChI is InChI=1S/C33H46N4O6.ClH/c1-20-18-36(28-16-33(3,4)17-29(39)31(20)28)23-10-13-26(32(34)41)27(14-23)35-22-8-11-24(12-9-22)43-30(40)15-25(42-21(2)38)19-37(5,6)7;/h10,13-14,18,22,24-25H,8-9,11-12,15-17,19H2,1-7H3,(H2-,34,35,41);1H/t22-,24-,25?;. The fraction of sp³-hybridized carbons (Fsp3) is 0.576. The molecule has 0 radical (unpaired) electrons. The molecule has 44 heavy (non-hydrogen) atoms. The van der Waals surface area contributed by atoms with Crippen molar-refractivity contribution in [3.05, 3.63) is 46.8 Å². The van der Waals surface area contributed by atoms with Crippen LogP contribution in [0.25, 0.3) is 5.69 Å². The highest BCUT2D eigenvalue weighted by Crippen LogP contribution is 2.38. The van der Waals surface area contributed by atoms with Crippen LogP contribution in [0.5, 0.6) is 0 Å². The Balaban J connectivity index is 0.00000529. The minimum atomic E-state index is -0.540. The molecule has 1 heterocycles. The third-order valence-corrected chi connectivity index (χ3v) is 8.22. The van der Waals surface area contributed by atoms with Crippen LogP contribution < -0.4 is 23.5 Å². The molecule has 10 nitrogen and oxygen atoms in total. The number of carbonyl (C=O) groups excluding carboxylic acids is 4. The smallest absolute Gasteiger partial charge is 0.310 e. The number of Topliss-reactive ketones (excluding diaryl/α,β-unsaturated/α-hetero) is 1. The van der Waals surface area contributed by atoms with Gasteiger partial charge in [-0.2, -0.15) is 0 Å². The fourth-order valence-electron chi connectivity index (χ4n) is 6.48. The van der Waals surface area contributed by atoms with E-state index in [2.05, 4.69) is 23.7 Å². The average molecular weight is 631 g/mol. The number of hydrogen-bond donors (Lipinski definition) is 2. The summed E-state index contributed by atoms with van der Waals surface area (Å²) in [5, 5.41) is 3.53. The molecule has 2 aliphatic rings. The van der Waals surface area contributed by atoms with E-state index in [0.29, 0.717) is 41.5 Å². The van der Waals surface area contributed by atoms with Crippen molar-refractivity contribution in [1.29, 1.82) is 0 Å². The van der Waals surface area contributed by atoms with Crippen LogP contribution in [0.1, 0.15) is 91.3 Å². The number of likely N-dealkylation sites (N-methyl/N-ethyl adjacent to an activating group) is 1. The van der Waals surface area contributed by atoms with Gasteiger partial charge in [0.05, 0.1) is 33.1 Å². The Morgan fingerprint density at radius 2 is 1.77 bits per heavy atom. The highest BCUT2D eigenvalue weighted by atomic mass is 35.5. The summed E-state index contributed by atoms with van der Waals surface area (Å²) in [4.78, 5) is 49.5. The van der Waals surface area contributed by atoms with Crippen LogP contribution in [-0.4, -0.2) is 78.6 Å². The molecule has 1 aromatic carbocycles. The van der Waals surface area contributed by atoms with Gasteiger partial charge in [-0.15, -0.1) is 0 Å². The number of primary amides is 1. The minimum Gasteiger partial charge on any atom is -1.00 e. The molecule has 0 saturated heterocycles. The van der Waals surface area contributed by atoms with Crippen LogP contribution in [0.3, 0.4) is 0 Å². The molecule has 1 unspecified atom stereocenters. The number of quaternary nitrogens is 1. The first-order valence-corrected chi connectivity index (χ1v) is 15.1. The number of rotatable bonds is 10. The largest absolute Gasteiger partial charge is 1.00 e. The molecule has 1 aromatic heterocycles. The SMILES string of the molecule is CC(=O)OC(CC(=O)O[C@H]1CC[C@H](Nc2cc(-n3cc(C)c4c3CC(C)(C)CC4=O)ccc2C(N)=O)CC1)C[N+](C)(C)C.[Cl-]. The van der Waals surface area contributed by atoms with Crippen molar-refractivity contribution in [2.75, 3.05) is 33.0 Å². The van der Waals surface area contributed by atoms with Crippen LogP contribution >= 0.6 is 0 Å². The van der Waals surface area contributed by atoms with Crippen molar-refractivity contribution in [3.8, 4) is 5.69 Å². The summed E-state index contributed by atoms with van der Waals surface area (Å²) in [6, 6.07) is 5.60. The number of fused-ring (bicyclic) bond motifs is 1. The van der Waals surface area contributed by atoms with Crippen LogP contribution in [0, 0.1) is 12.3 Å². The summed E-state index contributed by atoms with van der Waals surface area (Å²) in [7, 11) is 5.93. The van der Waals surface area contributed by atoms with Crippen molar-refractivity contribution < 1.29 is 45.5 Å². The van der Waals surface area contributed by atoms with Crippen molar-refractivity contribution in [2.24, 2.45) is 11.1 Å². The van der Waals surface area contributed by atoms with Gasteiger partial charge in [0.15, 0.2) is 11.9 Å². The number of aryl methyl sites for hydroxylation is 1. The van der Waals surface area contributed by atoms with Crippen LogP contribution in [-0.2, 0) is 25.5 Å². The number of nitrogens with zero attached hydrogens (tertiary/aromatic N) is 2. The van der Waals surface area contributed by atoms with Gasteiger partial charge in [0, 0.05) is 48.2 Å². The van der Waals surface area contributed by atoms with Gasteiger partial charge < -0.3 is 42.0 Å². The molecular formula is C33H47ClN4O6. The molecule has 2 aromatic rings. The first-order chi connectivity index (χ1) is 20.0. The topological polar surface area (TPSA) is 130 Å². The van der Waals surface area contributed by atoms with E-state index in [-0.39, 0.29) is 48.1 Å². The zero-order valence-corrected chi connectivity index (χ0v) is 27.8. The van der Waals surface area contributed by atoms with E-state index in [4.69, 9.17) is 15.2 Å². The summed E-state index contributed by atoms with van der Waals surface area (Å²) < 4.78 is 13.8. The summed E-state index contributed by atoms with van der Waals surface area (Å²) in [6.45, 7) is 8.04. The van der Waals surface area contributed by atoms with Gasteiger partial charge >= 0.3 is 11.9 Å². The van der Waals surface area contributed by atoms with Crippen molar-refractivity contribution >= 4 is 29.3 Å². The molecular weight excluding hydrogens is 584 g/mol. The molecule has 3 N–H and O–H groups in total.